The minimum absolute atomic E-state index is 0.166. The van der Waals surface area contributed by atoms with E-state index in [2.05, 4.69) is 4.72 Å². The van der Waals surface area contributed by atoms with E-state index in [-0.39, 0.29) is 11.5 Å². The molecule has 1 aromatic rings. The van der Waals surface area contributed by atoms with E-state index in [1.807, 2.05) is 13.8 Å². The summed E-state index contributed by atoms with van der Waals surface area (Å²) in [6.45, 7) is 6.16. The number of sulfonamides is 1. The smallest absolute Gasteiger partial charge is 0.242 e. The van der Waals surface area contributed by atoms with Gasteiger partial charge in [-0.15, -0.1) is 0 Å². The summed E-state index contributed by atoms with van der Waals surface area (Å²) < 4.78 is 34.0. The number of aliphatic hydroxyl groups excluding tert-OH is 1. The molecule has 0 aliphatic carbocycles. The fourth-order valence-electron chi connectivity index (χ4n) is 1.96. The zero-order chi connectivity index (χ0) is 15.7. The molecule has 1 rings (SSSR count). The summed E-state index contributed by atoms with van der Waals surface area (Å²) in [5.74, 6) is 0. The highest BCUT2D eigenvalue weighted by Crippen LogP contribution is 2.15. The molecule has 0 aromatic carbocycles. The molecule has 0 aliphatic rings. The van der Waals surface area contributed by atoms with Crippen LogP contribution in [-0.2, 0) is 27.9 Å². The van der Waals surface area contributed by atoms with E-state index < -0.39 is 10.0 Å². The van der Waals surface area contributed by atoms with Gasteiger partial charge in [0, 0.05) is 38.2 Å². The Balaban J connectivity index is 2.57. The van der Waals surface area contributed by atoms with Crippen LogP contribution in [-0.4, -0.2) is 37.8 Å². The maximum absolute atomic E-state index is 12.2. The van der Waals surface area contributed by atoms with Crippen LogP contribution in [0, 0.1) is 0 Å². The lowest BCUT2D eigenvalue weighted by molar-refractivity contribution is 0.133. The van der Waals surface area contributed by atoms with Crippen molar-refractivity contribution >= 4 is 10.0 Å². The van der Waals surface area contributed by atoms with Gasteiger partial charge in [0.15, 0.2) is 0 Å². The first-order chi connectivity index (χ1) is 10.0. The van der Waals surface area contributed by atoms with Crippen molar-refractivity contribution in [1.29, 1.82) is 0 Å². The molecule has 0 bridgehead atoms. The molecule has 0 saturated heterocycles. The molecule has 0 atom stereocenters. The number of hydrogen-bond donors (Lipinski definition) is 2. The van der Waals surface area contributed by atoms with Crippen LogP contribution in [0.3, 0.4) is 0 Å². The first kappa shape index (κ1) is 18.2. The summed E-state index contributed by atoms with van der Waals surface area (Å²) in [6.07, 6.45) is 4.05. The molecular weight excluding hydrogens is 292 g/mol. The van der Waals surface area contributed by atoms with Crippen LogP contribution in [0.1, 0.15) is 38.8 Å². The summed E-state index contributed by atoms with van der Waals surface area (Å²) in [4.78, 5) is 0.203. The molecule has 0 spiro atoms. The number of aryl methyl sites for hydroxylation is 1. The monoisotopic (exact) mass is 318 g/mol. The van der Waals surface area contributed by atoms with Crippen molar-refractivity contribution < 1.29 is 18.3 Å². The van der Waals surface area contributed by atoms with E-state index in [4.69, 9.17) is 4.74 Å². The standard InChI is InChI=1S/C14H26N2O4S/c1-3-7-16-11-14(10-13(16)12-17)21(18,19)15-6-5-9-20-8-4-2/h10-11,15,17H,3-9,12H2,1-2H3. The summed E-state index contributed by atoms with van der Waals surface area (Å²) in [5.41, 5.74) is 0.614. The van der Waals surface area contributed by atoms with E-state index in [9.17, 15) is 13.5 Å². The molecule has 6 nitrogen and oxygen atoms in total. The maximum Gasteiger partial charge on any atom is 0.242 e. The molecule has 1 heterocycles. The van der Waals surface area contributed by atoms with Crippen LogP contribution in [0.4, 0.5) is 0 Å². The summed E-state index contributed by atoms with van der Waals surface area (Å²) in [7, 11) is -3.52. The lowest BCUT2D eigenvalue weighted by atomic mass is 10.4. The van der Waals surface area contributed by atoms with Gasteiger partial charge in [0.25, 0.3) is 0 Å². The van der Waals surface area contributed by atoms with Crippen molar-refractivity contribution in [2.75, 3.05) is 19.8 Å². The highest BCUT2D eigenvalue weighted by Gasteiger charge is 2.17. The highest BCUT2D eigenvalue weighted by atomic mass is 32.2. The summed E-state index contributed by atoms with van der Waals surface area (Å²) in [5, 5.41) is 9.27. The molecule has 0 amide bonds. The van der Waals surface area contributed by atoms with Gasteiger partial charge in [0.2, 0.25) is 10.0 Å². The Morgan fingerprint density at radius 2 is 2.05 bits per heavy atom. The average molecular weight is 318 g/mol. The second-order valence-electron chi connectivity index (χ2n) is 4.88. The highest BCUT2D eigenvalue weighted by molar-refractivity contribution is 7.89. The van der Waals surface area contributed by atoms with Crippen molar-refractivity contribution in [2.24, 2.45) is 0 Å². The van der Waals surface area contributed by atoms with Gasteiger partial charge in [-0.05, 0) is 25.3 Å². The number of nitrogens with zero attached hydrogens (tertiary/aromatic N) is 1. The second-order valence-corrected chi connectivity index (χ2v) is 6.65. The van der Waals surface area contributed by atoms with Gasteiger partial charge in [0.05, 0.1) is 11.5 Å². The third kappa shape index (κ3) is 5.78. The van der Waals surface area contributed by atoms with Crippen LogP contribution in [0.25, 0.3) is 0 Å². The average Bonchev–Trinajstić information content (AvgIpc) is 2.87. The normalized spacial score (nSPS) is 12.0. The van der Waals surface area contributed by atoms with Crippen LogP contribution < -0.4 is 4.72 Å². The minimum atomic E-state index is -3.52. The zero-order valence-corrected chi connectivity index (χ0v) is 13.7. The molecule has 1 aromatic heterocycles. The molecule has 122 valence electrons. The van der Waals surface area contributed by atoms with E-state index in [1.165, 1.54) is 6.07 Å². The molecule has 0 fully saturated rings. The van der Waals surface area contributed by atoms with Gasteiger partial charge in [-0.25, -0.2) is 13.1 Å². The molecular formula is C14H26N2O4S. The van der Waals surface area contributed by atoms with E-state index >= 15 is 0 Å². The molecule has 0 saturated carbocycles. The van der Waals surface area contributed by atoms with Crippen LogP contribution in [0.15, 0.2) is 17.2 Å². The lowest BCUT2D eigenvalue weighted by Crippen LogP contribution is -2.25. The van der Waals surface area contributed by atoms with Crippen molar-refractivity contribution in [3.05, 3.63) is 18.0 Å². The molecule has 0 aliphatic heterocycles. The van der Waals surface area contributed by atoms with E-state index in [0.29, 0.717) is 38.4 Å². The van der Waals surface area contributed by atoms with Crippen molar-refractivity contribution in [2.45, 2.75) is 51.2 Å². The lowest BCUT2D eigenvalue weighted by Gasteiger charge is -2.05. The first-order valence-corrected chi connectivity index (χ1v) is 8.90. The predicted octanol–water partition coefficient (Wildman–Crippen LogP) is 1.49. The van der Waals surface area contributed by atoms with Crippen molar-refractivity contribution in [1.82, 2.24) is 9.29 Å². The molecule has 21 heavy (non-hydrogen) atoms. The van der Waals surface area contributed by atoms with Crippen molar-refractivity contribution in [3.8, 4) is 0 Å². The van der Waals surface area contributed by atoms with Crippen LogP contribution in [0.2, 0.25) is 0 Å². The van der Waals surface area contributed by atoms with Gasteiger partial charge in [-0.3, -0.25) is 0 Å². The Kier molecular flexibility index (Phi) is 7.95. The molecule has 2 N–H and O–H groups in total. The number of aromatic nitrogens is 1. The number of rotatable bonds is 11. The van der Waals surface area contributed by atoms with E-state index in [0.717, 1.165) is 12.8 Å². The maximum atomic E-state index is 12.2. The van der Waals surface area contributed by atoms with Gasteiger partial charge < -0.3 is 14.4 Å². The van der Waals surface area contributed by atoms with Crippen LogP contribution in [0.5, 0.6) is 0 Å². The number of hydrogen-bond acceptors (Lipinski definition) is 4. The van der Waals surface area contributed by atoms with Crippen molar-refractivity contribution in [3.63, 3.8) is 0 Å². The van der Waals surface area contributed by atoms with E-state index in [1.54, 1.807) is 10.8 Å². The van der Waals surface area contributed by atoms with Gasteiger partial charge in [0.1, 0.15) is 0 Å². The third-order valence-corrected chi connectivity index (χ3v) is 4.43. The Hall–Kier alpha value is -0.890. The fraction of sp³-hybridized carbons (Fsp3) is 0.714. The molecule has 0 unspecified atom stereocenters. The number of aliphatic hydroxyl groups is 1. The quantitative estimate of drug-likeness (QED) is 0.606. The molecule has 0 radical (unpaired) electrons. The Morgan fingerprint density at radius 1 is 1.29 bits per heavy atom. The second kappa shape index (κ2) is 9.19. The predicted molar refractivity (Wildman–Crippen MR) is 81.6 cm³/mol. The Morgan fingerprint density at radius 3 is 2.67 bits per heavy atom. The van der Waals surface area contributed by atoms with Gasteiger partial charge >= 0.3 is 0 Å². The fourth-order valence-corrected chi connectivity index (χ4v) is 3.10. The Labute approximate surface area is 127 Å². The zero-order valence-electron chi connectivity index (χ0n) is 12.8. The third-order valence-electron chi connectivity index (χ3n) is 3.00. The summed E-state index contributed by atoms with van der Waals surface area (Å²) >= 11 is 0. The summed E-state index contributed by atoms with van der Waals surface area (Å²) in [6, 6.07) is 1.52. The van der Waals surface area contributed by atoms with Crippen LogP contribution >= 0.6 is 0 Å². The van der Waals surface area contributed by atoms with Gasteiger partial charge in [-0.2, -0.15) is 0 Å². The minimum Gasteiger partial charge on any atom is -0.390 e. The number of ether oxygens (including phenoxy) is 1. The van der Waals surface area contributed by atoms with Gasteiger partial charge in [-0.1, -0.05) is 13.8 Å². The topological polar surface area (TPSA) is 80.6 Å². The SMILES string of the molecule is CCCOCCCNS(=O)(=O)c1cc(CO)n(CCC)c1. The Bertz CT molecular complexity index is 511. The largest absolute Gasteiger partial charge is 0.390 e. The number of nitrogens with one attached hydrogen (secondary N) is 1. The molecule has 7 heteroatoms. The first-order valence-electron chi connectivity index (χ1n) is 7.42.